The van der Waals surface area contributed by atoms with Gasteiger partial charge < -0.3 is 5.73 Å². The molecule has 2 N–H and O–H groups in total. The second kappa shape index (κ2) is 7.60. The molecule has 144 valence electrons. The standard InChI is InChI=1S/C24H18N6/c25-21-16-20(17-10-4-1-5-11-17)29-30(21)24-26-22(18-12-6-2-7-13-18)23(27-28-24)19-14-8-3-9-15-19/h1-16H,25H2. The Labute approximate surface area is 173 Å². The molecule has 6 heteroatoms. The van der Waals surface area contributed by atoms with Gasteiger partial charge in [0.15, 0.2) is 0 Å². The number of hydrogen-bond acceptors (Lipinski definition) is 5. The van der Waals surface area contributed by atoms with Crippen LogP contribution in [-0.4, -0.2) is 25.0 Å². The van der Waals surface area contributed by atoms with Crippen LogP contribution < -0.4 is 5.73 Å². The third kappa shape index (κ3) is 3.31. The molecular weight excluding hydrogens is 372 g/mol. The summed E-state index contributed by atoms with van der Waals surface area (Å²) in [7, 11) is 0. The van der Waals surface area contributed by atoms with Crippen LogP contribution in [0.3, 0.4) is 0 Å². The van der Waals surface area contributed by atoms with E-state index in [4.69, 9.17) is 10.7 Å². The van der Waals surface area contributed by atoms with E-state index in [0.717, 1.165) is 28.1 Å². The molecule has 2 heterocycles. The number of nitrogens with zero attached hydrogens (tertiary/aromatic N) is 5. The number of aromatic nitrogens is 5. The predicted octanol–water partition coefficient (Wildman–Crippen LogP) is 4.64. The van der Waals surface area contributed by atoms with E-state index >= 15 is 0 Å². The minimum Gasteiger partial charge on any atom is -0.383 e. The van der Waals surface area contributed by atoms with Crippen molar-refractivity contribution in [3.8, 4) is 39.7 Å². The zero-order chi connectivity index (χ0) is 20.3. The Morgan fingerprint density at radius 2 is 1.13 bits per heavy atom. The molecule has 0 unspecified atom stereocenters. The van der Waals surface area contributed by atoms with E-state index in [1.165, 1.54) is 4.68 Å². The number of nitrogen functional groups attached to an aromatic ring is 1. The van der Waals surface area contributed by atoms with Crippen molar-refractivity contribution in [2.45, 2.75) is 0 Å². The van der Waals surface area contributed by atoms with Crippen molar-refractivity contribution in [3.05, 3.63) is 97.1 Å². The monoisotopic (exact) mass is 390 g/mol. The molecule has 2 aromatic heterocycles. The molecule has 6 nitrogen and oxygen atoms in total. The lowest BCUT2D eigenvalue weighted by molar-refractivity contribution is 0.787. The highest BCUT2D eigenvalue weighted by Gasteiger charge is 2.17. The van der Waals surface area contributed by atoms with Crippen LogP contribution >= 0.6 is 0 Å². The summed E-state index contributed by atoms with van der Waals surface area (Å²) < 4.78 is 1.52. The summed E-state index contributed by atoms with van der Waals surface area (Å²) in [6, 6.07) is 31.5. The van der Waals surface area contributed by atoms with Crippen LogP contribution in [0.25, 0.3) is 39.7 Å². The molecular formula is C24H18N6. The van der Waals surface area contributed by atoms with Gasteiger partial charge >= 0.3 is 0 Å². The fourth-order valence-electron chi connectivity index (χ4n) is 3.30. The first kappa shape index (κ1) is 17.8. The van der Waals surface area contributed by atoms with Gasteiger partial charge in [-0.05, 0) is 0 Å². The molecule has 0 fully saturated rings. The SMILES string of the molecule is Nc1cc(-c2ccccc2)nn1-c1nnc(-c2ccccc2)c(-c2ccccc2)n1. The lowest BCUT2D eigenvalue weighted by atomic mass is 10.0. The Morgan fingerprint density at radius 1 is 0.600 bits per heavy atom. The highest BCUT2D eigenvalue weighted by molar-refractivity contribution is 5.77. The van der Waals surface area contributed by atoms with E-state index in [1.54, 1.807) is 0 Å². The Kier molecular flexibility index (Phi) is 4.50. The van der Waals surface area contributed by atoms with Crippen molar-refractivity contribution in [1.82, 2.24) is 25.0 Å². The summed E-state index contributed by atoms with van der Waals surface area (Å²) in [5.41, 5.74) is 11.3. The molecule has 30 heavy (non-hydrogen) atoms. The van der Waals surface area contributed by atoms with Crippen LogP contribution in [0.15, 0.2) is 97.1 Å². The molecule has 3 aromatic carbocycles. The third-order valence-electron chi connectivity index (χ3n) is 4.77. The summed E-state index contributed by atoms with van der Waals surface area (Å²) in [5.74, 6) is 0.773. The maximum atomic E-state index is 6.24. The van der Waals surface area contributed by atoms with Gasteiger partial charge in [0, 0.05) is 22.8 Å². The van der Waals surface area contributed by atoms with Gasteiger partial charge in [-0.1, -0.05) is 91.0 Å². The molecule has 0 saturated heterocycles. The molecule has 5 rings (SSSR count). The Morgan fingerprint density at radius 3 is 1.73 bits per heavy atom. The first-order valence-corrected chi connectivity index (χ1v) is 9.56. The lowest BCUT2D eigenvalue weighted by Gasteiger charge is -2.10. The first-order chi connectivity index (χ1) is 14.8. The molecule has 0 radical (unpaired) electrons. The maximum Gasteiger partial charge on any atom is 0.272 e. The second-order valence-corrected chi connectivity index (χ2v) is 6.77. The normalized spacial score (nSPS) is 10.8. The predicted molar refractivity (Wildman–Crippen MR) is 118 cm³/mol. The van der Waals surface area contributed by atoms with E-state index in [-0.39, 0.29) is 0 Å². The molecule has 0 bridgehead atoms. The molecule has 0 aliphatic heterocycles. The van der Waals surface area contributed by atoms with Crippen LogP contribution in [0, 0.1) is 0 Å². The van der Waals surface area contributed by atoms with Crippen molar-refractivity contribution in [2.75, 3.05) is 5.73 Å². The quantitative estimate of drug-likeness (QED) is 0.483. The zero-order valence-corrected chi connectivity index (χ0v) is 16.1. The van der Waals surface area contributed by atoms with E-state index in [1.807, 2.05) is 97.1 Å². The molecule has 0 spiro atoms. The van der Waals surface area contributed by atoms with Gasteiger partial charge in [0.2, 0.25) is 0 Å². The fraction of sp³-hybridized carbons (Fsp3) is 0. The topological polar surface area (TPSA) is 82.5 Å². The highest BCUT2D eigenvalue weighted by atomic mass is 15.4. The zero-order valence-electron chi connectivity index (χ0n) is 16.1. The van der Waals surface area contributed by atoms with Crippen molar-refractivity contribution < 1.29 is 0 Å². The first-order valence-electron chi connectivity index (χ1n) is 9.56. The summed E-state index contributed by atoms with van der Waals surface area (Å²) >= 11 is 0. The summed E-state index contributed by atoms with van der Waals surface area (Å²) in [6.07, 6.45) is 0. The van der Waals surface area contributed by atoms with Crippen LogP contribution in [0.1, 0.15) is 0 Å². The van der Waals surface area contributed by atoms with Gasteiger partial charge in [0.05, 0.1) is 5.69 Å². The molecule has 0 atom stereocenters. The molecule has 0 aliphatic rings. The Hall–Kier alpha value is -4.32. The third-order valence-corrected chi connectivity index (χ3v) is 4.77. The van der Waals surface area contributed by atoms with Crippen molar-refractivity contribution in [1.29, 1.82) is 0 Å². The number of benzene rings is 3. The van der Waals surface area contributed by atoms with Gasteiger partial charge in [-0.15, -0.1) is 10.2 Å². The number of nitrogens with two attached hydrogens (primary N) is 1. The van der Waals surface area contributed by atoms with Crippen LogP contribution in [0.4, 0.5) is 5.82 Å². The second-order valence-electron chi connectivity index (χ2n) is 6.77. The van der Waals surface area contributed by atoms with Crippen LogP contribution in [0.2, 0.25) is 0 Å². The van der Waals surface area contributed by atoms with Crippen LogP contribution in [0.5, 0.6) is 0 Å². The molecule has 0 aliphatic carbocycles. The summed E-state index contributed by atoms with van der Waals surface area (Å²) in [4.78, 5) is 4.80. The number of anilines is 1. The number of hydrogen-bond donors (Lipinski definition) is 1. The minimum absolute atomic E-state index is 0.327. The van der Waals surface area contributed by atoms with E-state index in [9.17, 15) is 0 Å². The largest absolute Gasteiger partial charge is 0.383 e. The molecule has 5 aromatic rings. The number of rotatable bonds is 4. The Bertz CT molecular complexity index is 1280. The Balaban J connectivity index is 1.65. The maximum absolute atomic E-state index is 6.24. The van der Waals surface area contributed by atoms with E-state index in [0.29, 0.717) is 17.5 Å². The molecule has 0 amide bonds. The summed E-state index contributed by atoms with van der Waals surface area (Å²) in [6.45, 7) is 0. The van der Waals surface area contributed by atoms with Gasteiger partial charge in [-0.2, -0.15) is 9.78 Å². The van der Waals surface area contributed by atoms with E-state index in [2.05, 4.69) is 15.3 Å². The average molecular weight is 390 g/mol. The lowest BCUT2D eigenvalue weighted by Crippen LogP contribution is -2.09. The van der Waals surface area contributed by atoms with Crippen molar-refractivity contribution in [2.24, 2.45) is 0 Å². The highest BCUT2D eigenvalue weighted by Crippen LogP contribution is 2.29. The fourth-order valence-corrected chi connectivity index (χ4v) is 3.30. The van der Waals surface area contributed by atoms with Gasteiger partial charge in [-0.25, -0.2) is 4.98 Å². The minimum atomic E-state index is 0.327. The van der Waals surface area contributed by atoms with E-state index < -0.39 is 0 Å². The van der Waals surface area contributed by atoms with Gasteiger partial charge in [0.25, 0.3) is 5.95 Å². The van der Waals surface area contributed by atoms with Crippen molar-refractivity contribution >= 4 is 5.82 Å². The summed E-state index contributed by atoms with van der Waals surface area (Å²) in [5, 5.41) is 13.4. The smallest absolute Gasteiger partial charge is 0.272 e. The van der Waals surface area contributed by atoms with Crippen molar-refractivity contribution in [3.63, 3.8) is 0 Å². The van der Waals surface area contributed by atoms with Crippen LogP contribution in [-0.2, 0) is 0 Å². The average Bonchev–Trinajstić information content (AvgIpc) is 3.22. The van der Waals surface area contributed by atoms with Gasteiger partial charge in [0.1, 0.15) is 17.2 Å². The molecule has 0 saturated carbocycles. The van der Waals surface area contributed by atoms with Gasteiger partial charge in [-0.3, -0.25) is 0 Å².